The van der Waals surface area contributed by atoms with Gasteiger partial charge in [-0.3, -0.25) is 4.79 Å². The molecule has 4 nitrogen and oxygen atoms in total. The molecule has 1 N–H and O–H groups in total. The summed E-state index contributed by atoms with van der Waals surface area (Å²) in [5.41, 5.74) is 2.37. The monoisotopic (exact) mass is 323 g/mol. The van der Waals surface area contributed by atoms with E-state index in [0.29, 0.717) is 12.1 Å². The fraction of sp³-hybridized carbons (Fsp3) is 0.158. The van der Waals surface area contributed by atoms with Crippen molar-refractivity contribution in [1.29, 1.82) is 0 Å². The molecule has 3 aromatic rings. The number of hydrogen-bond acceptors (Lipinski definition) is 2. The Morgan fingerprint density at radius 2 is 1.96 bits per heavy atom. The van der Waals surface area contributed by atoms with E-state index in [1.54, 1.807) is 30.7 Å². The predicted octanol–water partition coefficient (Wildman–Crippen LogP) is 3.51. The Hall–Kier alpha value is -2.95. The Kier molecular flexibility index (Phi) is 5.01. The molecule has 0 spiro atoms. The molecule has 0 bridgehead atoms. The summed E-state index contributed by atoms with van der Waals surface area (Å²) in [6.45, 7) is 1.41. The highest BCUT2D eigenvalue weighted by Crippen LogP contribution is 2.20. The minimum absolute atomic E-state index is 0.107. The standard InChI is InChI=1S/C19H18FN3O/c20-18-7-5-15(6-8-18)16-3-1-4-17(13-16)19(24)22-9-2-11-23-12-10-21-14-23/h1,3-8,10,12-14H,2,9,11H2,(H,22,24). The predicted molar refractivity (Wildman–Crippen MR) is 91.0 cm³/mol. The van der Waals surface area contributed by atoms with Crippen LogP contribution in [0.4, 0.5) is 4.39 Å². The fourth-order valence-corrected chi connectivity index (χ4v) is 2.47. The molecule has 0 aliphatic heterocycles. The van der Waals surface area contributed by atoms with Gasteiger partial charge in [0.05, 0.1) is 6.33 Å². The SMILES string of the molecule is O=C(NCCCn1ccnc1)c1cccc(-c2ccc(F)cc2)c1. The zero-order valence-corrected chi connectivity index (χ0v) is 13.2. The fourth-order valence-electron chi connectivity index (χ4n) is 2.47. The van der Waals surface area contributed by atoms with Crippen LogP contribution in [-0.4, -0.2) is 22.0 Å². The maximum absolute atomic E-state index is 13.0. The highest BCUT2D eigenvalue weighted by atomic mass is 19.1. The summed E-state index contributed by atoms with van der Waals surface area (Å²) in [6.07, 6.45) is 6.22. The van der Waals surface area contributed by atoms with Crippen LogP contribution in [0.25, 0.3) is 11.1 Å². The lowest BCUT2D eigenvalue weighted by molar-refractivity contribution is 0.0953. The molecule has 122 valence electrons. The number of imidazole rings is 1. The van der Waals surface area contributed by atoms with Gasteiger partial charge in [-0.1, -0.05) is 24.3 Å². The van der Waals surface area contributed by atoms with Crippen LogP contribution in [0.1, 0.15) is 16.8 Å². The largest absolute Gasteiger partial charge is 0.352 e. The molecule has 1 aromatic heterocycles. The van der Waals surface area contributed by atoms with Crippen LogP contribution >= 0.6 is 0 Å². The van der Waals surface area contributed by atoms with E-state index in [2.05, 4.69) is 10.3 Å². The molecule has 0 radical (unpaired) electrons. The van der Waals surface area contributed by atoms with Crippen LogP contribution in [0, 0.1) is 5.82 Å². The molecule has 24 heavy (non-hydrogen) atoms. The molecule has 3 rings (SSSR count). The van der Waals surface area contributed by atoms with Crippen LogP contribution in [0.2, 0.25) is 0 Å². The average molecular weight is 323 g/mol. The summed E-state index contributed by atoms with van der Waals surface area (Å²) in [4.78, 5) is 16.2. The first-order valence-corrected chi connectivity index (χ1v) is 7.82. The Morgan fingerprint density at radius 3 is 2.71 bits per heavy atom. The number of nitrogens with one attached hydrogen (secondary N) is 1. The second-order valence-electron chi connectivity index (χ2n) is 5.50. The van der Waals surface area contributed by atoms with Gasteiger partial charge >= 0.3 is 0 Å². The smallest absolute Gasteiger partial charge is 0.251 e. The molecule has 0 fully saturated rings. The molecule has 0 unspecified atom stereocenters. The third kappa shape index (κ3) is 4.07. The van der Waals surface area contributed by atoms with Crippen LogP contribution in [-0.2, 0) is 6.54 Å². The Labute approximate surface area is 140 Å². The molecule has 0 saturated carbocycles. The molecule has 0 aliphatic carbocycles. The number of aryl methyl sites for hydroxylation is 1. The number of benzene rings is 2. The molecule has 1 amide bonds. The number of carbonyl (C=O) groups is 1. The zero-order valence-electron chi connectivity index (χ0n) is 13.2. The highest BCUT2D eigenvalue weighted by Gasteiger charge is 2.07. The van der Waals surface area contributed by atoms with Crippen molar-refractivity contribution in [3.05, 3.63) is 78.6 Å². The minimum Gasteiger partial charge on any atom is -0.352 e. The van der Waals surface area contributed by atoms with Gasteiger partial charge in [-0.05, 0) is 41.8 Å². The number of halogens is 1. The van der Waals surface area contributed by atoms with Gasteiger partial charge in [-0.15, -0.1) is 0 Å². The summed E-state index contributed by atoms with van der Waals surface area (Å²) >= 11 is 0. The van der Waals surface area contributed by atoms with Gasteiger partial charge in [0, 0.05) is 31.0 Å². The van der Waals surface area contributed by atoms with Crippen molar-refractivity contribution in [3.63, 3.8) is 0 Å². The van der Waals surface area contributed by atoms with Crippen molar-refractivity contribution < 1.29 is 9.18 Å². The van der Waals surface area contributed by atoms with E-state index in [-0.39, 0.29) is 11.7 Å². The van der Waals surface area contributed by atoms with Crippen molar-refractivity contribution in [2.24, 2.45) is 0 Å². The first-order valence-electron chi connectivity index (χ1n) is 7.82. The third-order valence-electron chi connectivity index (χ3n) is 3.74. The second-order valence-corrected chi connectivity index (χ2v) is 5.50. The van der Waals surface area contributed by atoms with Gasteiger partial charge in [0.25, 0.3) is 5.91 Å². The van der Waals surface area contributed by atoms with Crippen LogP contribution in [0.3, 0.4) is 0 Å². The van der Waals surface area contributed by atoms with E-state index < -0.39 is 0 Å². The molecule has 1 heterocycles. The third-order valence-corrected chi connectivity index (χ3v) is 3.74. The maximum Gasteiger partial charge on any atom is 0.251 e. The molecule has 2 aromatic carbocycles. The number of amides is 1. The lowest BCUT2D eigenvalue weighted by Gasteiger charge is -2.08. The quantitative estimate of drug-likeness (QED) is 0.706. The van der Waals surface area contributed by atoms with Gasteiger partial charge in [-0.2, -0.15) is 0 Å². The summed E-state index contributed by atoms with van der Waals surface area (Å²) < 4.78 is 15.0. The molecular weight excluding hydrogens is 305 g/mol. The van der Waals surface area contributed by atoms with E-state index in [1.165, 1.54) is 12.1 Å². The van der Waals surface area contributed by atoms with Gasteiger partial charge in [0.1, 0.15) is 5.82 Å². The summed E-state index contributed by atoms with van der Waals surface area (Å²) in [6, 6.07) is 13.6. The van der Waals surface area contributed by atoms with Crippen LogP contribution in [0.5, 0.6) is 0 Å². The van der Waals surface area contributed by atoms with E-state index in [0.717, 1.165) is 24.1 Å². The average Bonchev–Trinajstić information content (AvgIpc) is 3.13. The van der Waals surface area contributed by atoms with Gasteiger partial charge < -0.3 is 9.88 Å². The van der Waals surface area contributed by atoms with Crippen molar-refractivity contribution >= 4 is 5.91 Å². The second kappa shape index (κ2) is 7.55. The topological polar surface area (TPSA) is 46.9 Å². The lowest BCUT2D eigenvalue weighted by Crippen LogP contribution is -2.25. The number of hydrogen-bond donors (Lipinski definition) is 1. The Balaban J connectivity index is 1.58. The van der Waals surface area contributed by atoms with Crippen molar-refractivity contribution in [2.75, 3.05) is 6.54 Å². The van der Waals surface area contributed by atoms with Crippen molar-refractivity contribution in [2.45, 2.75) is 13.0 Å². The first-order chi connectivity index (χ1) is 11.7. The zero-order chi connectivity index (χ0) is 16.8. The van der Waals surface area contributed by atoms with Crippen LogP contribution < -0.4 is 5.32 Å². The van der Waals surface area contributed by atoms with Gasteiger partial charge in [0.15, 0.2) is 0 Å². The maximum atomic E-state index is 13.0. The summed E-state index contributed by atoms with van der Waals surface area (Å²) in [7, 11) is 0. The molecule has 0 aliphatic rings. The van der Waals surface area contributed by atoms with E-state index >= 15 is 0 Å². The van der Waals surface area contributed by atoms with Crippen molar-refractivity contribution in [1.82, 2.24) is 14.9 Å². The van der Waals surface area contributed by atoms with Gasteiger partial charge in [0.2, 0.25) is 0 Å². The van der Waals surface area contributed by atoms with E-state index in [4.69, 9.17) is 0 Å². The first kappa shape index (κ1) is 15.9. The van der Waals surface area contributed by atoms with E-state index in [9.17, 15) is 9.18 Å². The van der Waals surface area contributed by atoms with Crippen molar-refractivity contribution in [3.8, 4) is 11.1 Å². The number of nitrogens with zero attached hydrogens (tertiary/aromatic N) is 2. The molecule has 0 atom stereocenters. The number of carbonyl (C=O) groups excluding carboxylic acids is 1. The summed E-state index contributed by atoms with van der Waals surface area (Å²) in [5, 5.41) is 2.92. The highest BCUT2D eigenvalue weighted by molar-refractivity contribution is 5.95. The number of aromatic nitrogens is 2. The van der Waals surface area contributed by atoms with Crippen LogP contribution in [0.15, 0.2) is 67.3 Å². The Bertz CT molecular complexity index is 798. The Morgan fingerprint density at radius 1 is 1.12 bits per heavy atom. The van der Waals surface area contributed by atoms with Gasteiger partial charge in [-0.25, -0.2) is 9.37 Å². The van der Waals surface area contributed by atoms with E-state index in [1.807, 2.05) is 29.0 Å². The lowest BCUT2D eigenvalue weighted by atomic mass is 10.0. The summed E-state index contributed by atoms with van der Waals surface area (Å²) in [5.74, 6) is -0.380. The number of rotatable bonds is 6. The molecule has 5 heteroatoms. The molecular formula is C19H18FN3O. The minimum atomic E-state index is -0.273. The normalized spacial score (nSPS) is 10.5. The molecule has 0 saturated heterocycles.